The molecule has 0 aliphatic carbocycles. The minimum atomic E-state index is 0.739. The molecule has 0 spiro atoms. The van der Waals surface area contributed by atoms with Crippen LogP contribution in [0.2, 0.25) is 0 Å². The van der Waals surface area contributed by atoms with Crippen molar-refractivity contribution in [2.24, 2.45) is 5.92 Å². The van der Waals surface area contributed by atoms with Gasteiger partial charge in [0.2, 0.25) is 0 Å². The van der Waals surface area contributed by atoms with Gasteiger partial charge in [0.05, 0.1) is 0 Å². The lowest BCUT2D eigenvalue weighted by Crippen LogP contribution is -2.25. The average Bonchev–Trinajstić information content (AvgIpc) is 2.36. The molecule has 2 nitrogen and oxygen atoms in total. The van der Waals surface area contributed by atoms with Crippen molar-refractivity contribution in [1.82, 2.24) is 5.32 Å². The Balaban J connectivity index is 2.85. The van der Waals surface area contributed by atoms with Crippen LogP contribution in [0, 0.1) is 12.8 Å². The summed E-state index contributed by atoms with van der Waals surface area (Å²) in [5.41, 5.74) is 4.10. The third kappa shape index (κ3) is 4.34. The first kappa shape index (κ1) is 15.0. The highest BCUT2D eigenvalue weighted by molar-refractivity contribution is 5.54. The van der Waals surface area contributed by atoms with Gasteiger partial charge >= 0.3 is 0 Å². The number of hydrogen-bond donors (Lipinski definition) is 1. The van der Waals surface area contributed by atoms with Crippen molar-refractivity contribution in [2.45, 2.75) is 40.7 Å². The molecular weight excluding hydrogens is 220 g/mol. The number of hydrogen-bond acceptors (Lipinski definition) is 2. The normalized spacial score (nSPS) is 12.5. The molecule has 0 amide bonds. The lowest BCUT2D eigenvalue weighted by Gasteiger charge is -2.25. The number of rotatable bonds is 7. The summed E-state index contributed by atoms with van der Waals surface area (Å²) >= 11 is 0. The van der Waals surface area contributed by atoms with Gasteiger partial charge in [-0.25, -0.2) is 0 Å². The molecule has 2 heteroatoms. The van der Waals surface area contributed by atoms with Crippen LogP contribution in [0.15, 0.2) is 18.2 Å². The molecule has 0 heterocycles. The maximum absolute atomic E-state index is 3.43. The molecule has 1 unspecified atom stereocenters. The van der Waals surface area contributed by atoms with Gasteiger partial charge in [0.1, 0.15) is 0 Å². The molecule has 18 heavy (non-hydrogen) atoms. The number of anilines is 1. The summed E-state index contributed by atoms with van der Waals surface area (Å²) in [5.74, 6) is 0.739. The summed E-state index contributed by atoms with van der Waals surface area (Å²) in [4.78, 5) is 2.39. The molecule has 0 saturated heterocycles. The molecule has 1 atom stereocenters. The molecule has 0 aliphatic rings. The van der Waals surface area contributed by atoms with Crippen molar-refractivity contribution in [3.05, 3.63) is 29.3 Å². The monoisotopic (exact) mass is 248 g/mol. The van der Waals surface area contributed by atoms with Crippen molar-refractivity contribution in [3.8, 4) is 0 Å². The zero-order valence-corrected chi connectivity index (χ0v) is 12.6. The zero-order chi connectivity index (χ0) is 13.5. The van der Waals surface area contributed by atoms with E-state index in [1.165, 1.54) is 23.2 Å². The molecule has 1 aromatic carbocycles. The van der Waals surface area contributed by atoms with Gasteiger partial charge in [-0.1, -0.05) is 44.9 Å². The summed E-state index contributed by atoms with van der Waals surface area (Å²) in [6.07, 6.45) is 1.23. The fourth-order valence-corrected chi connectivity index (χ4v) is 2.18. The standard InChI is InChI=1S/C16H28N2/c1-6-13(3)12-18(5)16-9-8-14(4)10-15(16)11-17-7-2/h8-10,13,17H,6-7,11-12H2,1-5H3. The van der Waals surface area contributed by atoms with Crippen LogP contribution in [0.25, 0.3) is 0 Å². The maximum Gasteiger partial charge on any atom is 0.0409 e. The molecule has 0 bridgehead atoms. The average molecular weight is 248 g/mol. The SMILES string of the molecule is CCNCc1cc(C)ccc1N(C)CC(C)CC. The van der Waals surface area contributed by atoms with Crippen LogP contribution in [-0.4, -0.2) is 20.1 Å². The molecule has 0 saturated carbocycles. The summed E-state index contributed by atoms with van der Waals surface area (Å²) in [7, 11) is 2.20. The van der Waals surface area contributed by atoms with Gasteiger partial charge in [-0.15, -0.1) is 0 Å². The van der Waals surface area contributed by atoms with E-state index in [9.17, 15) is 0 Å². The lowest BCUT2D eigenvalue weighted by molar-refractivity contribution is 0.558. The molecule has 102 valence electrons. The van der Waals surface area contributed by atoms with Gasteiger partial charge in [0.25, 0.3) is 0 Å². The Morgan fingerprint density at radius 1 is 1.28 bits per heavy atom. The molecule has 1 rings (SSSR count). The van der Waals surface area contributed by atoms with E-state index in [4.69, 9.17) is 0 Å². The highest BCUT2D eigenvalue weighted by Crippen LogP contribution is 2.22. The topological polar surface area (TPSA) is 15.3 Å². The molecule has 1 aromatic rings. The van der Waals surface area contributed by atoms with Gasteiger partial charge in [-0.2, -0.15) is 0 Å². The third-order valence-corrected chi connectivity index (χ3v) is 3.49. The third-order valence-electron chi connectivity index (χ3n) is 3.49. The Morgan fingerprint density at radius 2 is 2.00 bits per heavy atom. The van der Waals surface area contributed by atoms with Gasteiger partial charge in [-0.05, 0) is 31.0 Å². The number of aryl methyl sites for hydroxylation is 1. The Bertz CT molecular complexity index is 360. The Labute approximate surface area is 112 Å². The minimum absolute atomic E-state index is 0.739. The van der Waals surface area contributed by atoms with E-state index in [2.05, 4.69) is 63.2 Å². The van der Waals surface area contributed by atoms with Crippen LogP contribution in [0.5, 0.6) is 0 Å². The number of benzene rings is 1. The second kappa shape index (κ2) is 7.42. The van der Waals surface area contributed by atoms with Gasteiger partial charge < -0.3 is 10.2 Å². The van der Waals surface area contributed by atoms with E-state index in [1.54, 1.807) is 0 Å². The summed E-state index contributed by atoms with van der Waals surface area (Å²) in [5, 5.41) is 3.43. The Hall–Kier alpha value is -1.02. The van der Waals surface area contributed by atoms with Crippen molar-refractivity contribution < 1.29 is 0 Å². The second-order valence-electron chi connectivity index (χ2n) is 5.31. The van der Waals surface area contributed by atoms with Crippen molar-refractivity contribution in [1.29, 1.82) is 0 Å². The molecule has 0 fully saturated rings. The van der Waals surface area contributed by atoms with Crippen molar-refractivity contribution >= 4 is 5.69 Å². The number of nitrogens with one attached hydrogen (secondary N) is 1. The fourth-order valence-electron chi connectivity index (χ4n) is 2.18. The quantitative estimate of drug-likeness (QED) is 0.793. The van der Waals surface area contributed by atoms with Gasteiger partial charge in [-0.3, -0.25) is 0 Å². The molecular formula is C16H28N2. The highest BCUT2D eigenvalue weighted by atomic mass is 15.1. The molecule has 0 aliphatic heterocycles. The predicted molar refractivity (Wildman–Crippen MR) is 81.3 cm³/mol. The molecule has 1 N–H and O–H groups in total. The first-order chi connectivity index (χ1) is 8.58. The smallest absolute Gasteiger partial charge is 0.0409 e. The second-order valence-corrected chi connectivity index (χ2v) is 5.31. The fraction of sp³-hybridized carbons (Fsp3) is 0.625. The van der Waals surface area contributed by atoms with E-state index in [1.807, 2.05) is 0 Å². The van der Waals surface area contributed by atoms with Crippen molar-refractivity contribution in [2.75, 3.05) is 25.0 Å². The van der Waals surface area contributed by atoms with Crippen LogP contribution >= 0.6 is 0 Å². The van der Waals surface area contributed by atoms with E-state index in [0.29, 0.717) is 0 Å². The van der Waals surface area contributed by atoms with E-state index < -0.39 is 0 Å². The Morgan fingerprint density at radius 3 is 2.61 bits per heavy atom. The van der Waals surface area contributed by atoms with Crippen molar-refractivity contribution in [3.63, 3.8) is 0 Å². The molecule has 0 aromatic heterocycles. The van der Waals surface area contributed by atoms with Crippen LogP contribution in [0.4, 0.5) is 5.69 Å². The minimum Gasteiger partial charge on any atom is -0.374 e. The maximum atomic E-state index is 3.43. The first-order valence-electron chi connectivity index (χ1n) is 7.09. The first-order valence-corrected chi connectivity index (χ1v) is 7.09. The molecule has 0 radical (unpaired) electrons. The van der Waals surface area contributed by atoms with Crippen LogP contribution in [0.3, 0.4) is 0 Å². The van der Waals surface area contributed by atoms with Crippen LogP contribution in [0.1, 0.15) is 38.3 Å². The van der Waals surface area contributed by atoms with Gasteiger partial charge in [0, 0.05) is 25.8 Å². The largest absolute Gasteiger partial charge is 0.374 e. The van der Waals surface area contributed by atoms with E-state index in [0.717, 1.165) is 25.6 Å². The van der Waals surface area contributed by atoms with Crippen LogP contribution in [-0.2, 0) is 6.54 Å². The van der Waals surface area contributed by atoms with E-state index in [-0.39, 0.29) is 0 Å². The zero-order valence-electron chi connectivity index (χ0n) is 12.6. The summed E-state index contributed by atoms with van der Waals surface area (Å²) in [6.45, 7) is 12.0. The predicted octanol–water partition coefficient (Wildman–Crippen LogP) is 3.59. The number of nitrogens with zero attached hydrogens (tertiary/aromatic N) is 1. The summed E-state index contributed by atoms with van der Waals surface area (Å²) in [6, 6.07) is 6.76. The van der Waals surface area contributed by atoms with Gasteiger partial charge in [0.15, 0.2) is 0 Å². The lowest BCUT2D eigenvalue weighted by atomic mass is 10.1. The summed E-state index contributed by atoms with van der Waals surface area (Å²) < 4.78 is 0. The Kier molecular flexibility index (Phi) is 6.20. The van der Waals surface area contributed by atoms with E-state index >= 15 is 0 Å². The highest BCUT2D eigenvalue weighted by Gasteiger charge is 2.10. The van der Waals surface area contributed by atoms with Crippen LogP contribution < -0.4 is 10.2 Å².